The highest BCUT2D eigenvalue weighted by Crippen LogP contribution is 2.35. The number of amides is 1. The number of ether oxygens (including phenoxy) is 2. The summed E-state index contributed by atoms with van der Waals surface area (Å²) in [4.78, 5) is 58.3. The topological polar surface area (TPSA) is 107 Å². The summed E-state index contributed by atoms with van der Waals surface area (Å²) >= 11 is 1.10. The third-order valence-electron chi connectivity index (χ3n) is 6.32. The van der Waals surface area contributed by atoms with Crippen LogP contribution in [0.15, 0.2) is 82.2 Å². The summed E-state index contributed by atoms with van der Waals surface area (Å²) in [6.45, 7) is 7.01. The lowest BCUT2D eigenvalue weighted by molar-refractivity contribution is -0.136. The van der Waals surface area contributed by atoms with E-state index in [2.05, 4.69) is 11.6 Å². The van der Waals surface area contributed by atoms with Crippen LogP contribution in [0.5, 0.6) is 5.75 Å². The summed E-state index contributed by atoms with van der Waals surface area (Å²) in [5.41, 5.74) is 2.36. The Morgan fingerprint density at radius 1 is 1.13 bits per heavy atom. The molecule has 0 spiro atoms. The molecule has 1 amide bonds. The summed E-state index contributed by atoms with van der Waals surface area (Å²) in [5.74, 6) is -1.07. The smallest absolute Gasteiger partial charge is 0.338 e. The molecule has 0 radical (unpaired) electrons. The molecular weight excluding hydrogens is 506 g/mol. The van der Waals surface area contributed by atoms with Gasteiger partial charge in [-0.2, -0.15) is 0 Å². The van der Waals surface area contributed by atoms with E-state index in [1.807, 2.05) is 18.2 Å². The van der Waals surface area contributed by atoms with Crippen LogP contribution in [0.1, 0.15) is 31.0 Å². The van der Waals surface area contributed by atoms with Gasteiger partial charge in [-0.3, -0.25) is 19.0 Å². The van der Waals surface area contributed by atoms with Crippen molar-refractivity contribution >= 4 is 40.4 Å². The standard InChI is InChI=1S/C28H23N3O6S/c1-5-14-30-20-9-7-6-8-19(20)22(25(30)33)24-26(34)31-23(17-10-12-18(13-11-17)37-16(3)32)21(27(35)36-4)15(2)29-28(31)38-24/h5-13,23H,1,14H2,2-4H3/t23-/m1/s1. The van der Waals surface area contributed by atoms with Crippen molar-refractivity contribution in [2.45, 2.75) is 19.9 Å². The molecule has 5 rings (SSSR count). The van der Waals surface area contributed by atoms with Crippen LogP contribution in [0.25, 0.3) is 5.57 Å². The summed E-state index contributed by atoms with van der Waals surface area (Å²) in [6, 6.07) is 12.9. The molecule has 2 aromatic carbocycles. The SMILES string of the molecule is C=CCN1C(=O)C(=c2sc3n(c2=O)[C@H](c2ccc(OC(C)=O)cc2)C(C(=O)OC)=C(C)N=3)c2ccccc21. The van der Waals surface area contributed by atoms with Gasteiger partial charge in [-0.25, -0.2) is 9.79 Å². The van der Waals surface area contributed by atoms with Crippen molar-refractivity contribution in [2.24, 2.45) is 4.99 Å². The molecule has 0 aliphatic carbocycles. The Labute approximate surface area is 221 Å². The molecule has 38 heavy (non-hydrogen) atoms. The van der Waals surface area contributed by atoms with Gasteiger partial charge in [0.15, 0.2) is 4.80 Å². The number of thiazole rings is 1. The number of hydrogen-bond donors (Lipinski definition) is 0. The summed E-state index contributed by atoms with van der Waals surface area (Å²) < 4.78 is 11.8. The first-order chi connectivity index (χ1) is 18.3. The van der Waals surface area contributed by atoms with Crippen molar-refractivity contribution in [3.05, 3.63) is 103 Å². The first kappa shape index (κ1) is 25.1. The molecule has 0 unspecified atom stereocenters. The third kappa shape index (κ3) is 3.99. The van der Waals surface area contributed by atoms with E-state index in [-0.39, 0.29) is 21.6 Å². The molecule has 10 heteroatoms. The lowest BCUT2D eigenvalue weighted by Crippen LogP contribution is -2.40. The largest absolute Gasteiger partial charge is 0.466 e. The van der Waals surface area contributed by atoms with E-state index in [9.17, 15) is 19.2 Å². The molecular formula is C28H23N3O6S. The molecule has 0 bridgehead atoms. The Kier molecular flexibility index (Phi) is 6.41. The van der Waals surface area contributed by atoms with Gasteiger partial charge in [0.2, 0.25) is 0 Å². The number of anilines is 1. The number of esters is 2. The van der Waals surface area contributed by atoms with Gasteiger partial charge in [-0.15, -0.1) is 6.58 Å². The molecule has 2 aliphatic rings. The fraction of sp³-hybridized carbons (Fsp3) is 0.179. The van der Waals surface area contributed by atoms with Crippen molar-refractivity contribution in [2.75, 3.05) is 18.6 Å². The second kappa shape index (κ2) is 9.71. The number of carbonyl (C=O) groups excluding carboxylic acids is 3. The molecule has 3 aromatic rings. The van der Waals surface area contributed by atoms with Gasteiger partial charge in [0.25, 0.3) is 11.5 Å². The molecule has 0 fully saturated rings. The Morgan fingerprint density at radius 3 is 2.50 bits per heavy atom. The molecule has 0 saturated heterocycles. The number of fused-ring (bicyclic) bond motifs is 2. The van der Waals surface area contributed by atoms with Crippen LogP contribution in [0.3, 0.4) is 0 Å². The van der Waals surface area contributed by atoms with Gasteiger partial charge in [-0.05, 0) is 30.7 Å². The minimum absolute atomic E-state index is 0.197. The number of carbonyl (C=O) groups is 3. The number of benzene rings is 2. The average Bonchev–Trinajstić information content (AvgIpc) is 3.36. The van der Waals surface area contributed by atoms with E-state index in [4.69, 9.17) is 9.47 Å². The quantitative estimate of drug-likeness (QED) is 0.285. The number of rotatable bonds is 5. The van der Waals surface area contributed by atoms with E-state index < -0.39 is 23.5 Å². The van der Waals surface area contributed by atoms with E-state index >= 15 is 0 Å². The predicted octanol–water partition coefficient (Wildman–Crippen LogP) is 2.24. The highest BCUT2D eigenvalue weighted by Gasteiger charge is 2.36. The molecule has 0 N–H and O–H groups in total. The van der Waals surface area contributed by atoms with Crippen LogP contribution >= 0.6 is 11.3 Å². The van der Waals surface area contributed by atoms with Crippen LogP contribution in [-0.2, 0) is 19.1 Å². The Balaban J connectivity index is 1.77. The molecule has 1 aromatic heterocycles. The van der Waals surface area contributed by atoms with Crippen LogP contribution in [-0.4, -0.2) is 36.1 Å². The maximum Gasteiger partial charge on any atom is 0.338 e. The molecule has 9 nitrogen and oxygen atoms in total. The van der Waals surface area contributed by atoms with Crippen molar-refractivity contribution in [3.8, 4) is 5.75 Å². The lowest BCUT2D eigenvalue weighted by Gasteiger charge is -2.24. The van der Waals surface area contributed by atoms with Crippen LogP contribution < -0.4 is 24.5 Å². The van der Waals surface area contributed by atoms with Crippen LogP contribution in [0, 0.1) is 0 Å². The van der Waals surface area contributed by atoms with E-state index in [0.29, 0.717) is 39.6 Å². The number of aromatic nitrogens is 1. The van der Waals surface area contributed by atoms with Gasteiger partial charge in [0, 0.05) is 19.0 Å². The summed E-state index contributed by atoms with van der Waals surface area (Å²) in [6.07, 6.45) is 1.63. The summed E-state index contributed by atoms with van der Waals surface area (Å²) in [7, 11) is 1.26. The van der Waals surface area contributed by atoms with Gasteiger partial charge < -0.3 is 14.4 Å². The zero-order valence-corrected chi connectivity index (χ0v) is 21.7. The Morgan fingerprint density at radius 2 is 1.84 bits per heavy atom. The minimum atomic E-state index is -0.865. The number of hydrogen-bond acceptors (Lipinski definition) is 8. The number of methoxy groups -OCH3 is 1. The minimum Gasteiger partial charge on any atom is -0.466 e. The highest BCUT2D eigenvalue weighted by molar-refractivity contribution is 7.07. The van der Waals surface area contributed by atoms with Crippen LogP contribution in [0.4, 0.5) is 5.69 Å². The van der Waals surface area contributed by atoms with Gasteiger partial charge in [0.1, 0.15) is 10.3 Å². The Hall–Kier alpha value is -4.57. The van der Waals surface area contributed by atoms with Crippen molar-refractivity contribution < 1.29 is 23.9 Å². The Bertz CT molecular complexity index is 1730. The zero-order chi connectivity index (χ0) is 27.1. The third-order valence-corrected chi connectivity index (χ3v) is 7.38. The normalized spacial score (nSPS) is 17.5. The number of nitrogens with zero attached hydrogens (tertiary/aromatic N) is 3. The second-order valence-corrected chi connectivity index (χ2v) is 9.63. The predicted molar refractivity (Wildman–Crippen MR) is 141 cm³/mol. The van der Waals surface area contributed by atoms with Crippen LogP contribution in [0.2, 0.25) is 0 Å². The van der Waals surface area contributed by atoms with Gasteiger partial charge in [-0.1, -0.05) is 47.7 Å². The maximum absolute atomic E-state index is 14.0. The van der Waals surface area contributed by atoms with E-state index in [1.54, 1.807) is 48.2 Å². The molecule has 192 valence electrons. The zero-order valence-electron chi connectivity index (χ0n) is 20.9. The van der Waals surface area contributed by atoms with Crippen molar-refractivity contribution in [1.29, 1.82) is 0 Å². The van der Waals surface area contributed by atoms with E-state index in [1.165, 1.54) is 18.6 Å². The first-order valence-corrected chi connectivity index (χ1v) is 12.5. The number of allylic oxidation sites excluding steroid dienone is 1. The van der Waals surface area contributed by atoms with Gasteiger partial charge in [0.05, 0.1) is 35.7 Å². The highest BCUT2D eigenvalue weighted by atomic mass is 32.1. The fourth-order valence-electron chi connectivity index (χ4n) is 4.75. The fourth-order valence-corrected chi connectivity index (χ4v) is 5.89. The van der Waals surface area contributed by atoms with E-state index in [0.717, 1.165) is 11.3 Å². The number of para-hydroxylation sites is 1. The molecule has 2 aliphatic heterocycles. The first-order valence-electron chi connectivity index (χ1n) is 11.7. The van der Waals surface area contributed by atoms with Gasteiger partial charge >= 0.3 is 11.9 Å². The molecule has 3 heterocycles. The second-order valence-electron chi connectivity index (χ2n) is 8.65. The summed E-state index contributed by atoms with van der Waals surface area (Å²) in [5, 5.41) is 0. The maximum atomic E-state index is 14.0. The molecule has 0 saturated carbocycles. The monoisotopic (exact) mass is 529 g/mol. The lowest BCUT2D eigenvalue weighted by atomic mass is 9.96. The average molecular weight is 530 g/mol. The molecule has 1 atom stereocenters. The van der Waals surface area contributed by atoms with Crippen molar-refractivity contribution in [3.63, 3.8) is 0 Å². The van der Waals surface area contributed by atoms with Crippen molar-refractivity contribution in [1.82, 2.24) is 4.57 Å².